The van der Waals surface area contributed by atoms with E-state index in [2.05, 4.69) is 6.92 Å². The smallest absolute Gasteiger partial charge is 0.223 e. The summed E-state index contributed by atoms with van der Waals surface area (Å²) in [4.78, 5) is 13.7. The van der Waals surface area contributed by atoms with Crippen LogP contribution in [0.4, 0.5) is 0 Å². The van der Waals surface area contributed by atoms with E-state index in [-0.39, 0.29) is 17.8 Å². The van der Waals surface area contributed by atoms with Gasteiger partial charge >= 0.3 is 0 Å². The molecule has 0 spiro atoms. The van der Waals surface area contributed by atoms with Crippen LogP contribution in [0.1, 0.15) is 31.7 Å². The Labute approximate surface area is 114 Å². The molecule has 0 radical (unpaired) electrons. The highest BCUT2D eigenvalue weighted by Gasteiger charge is 2.15. The van der Waals surface area contributed by atoms with Crippen LogP contribution in [-0.2, 0) is 13.1 Å². The number of hydrogen-bond acceptors (Lipinski definition) is 4. The van der Waals surface area contributed by atoms with Crippen LogP contribution in [0.3, 0.4) is 0 Å². The van der Waals surface area contributed by atoms with Crippen molar-refractivity contribution < 1.29 is 10.2 Å². The number of nitrogens with zero attached hydrogens (tertiary/aromatic N) is 2. The van der Waals surface area contributed by atoms with E-state index in [1.54, 1.807) is 0 Å². The fourth-order valence-corrected chi connectivity index (χ4v) is 2.22. The van der Waals surface area contributed by atoms with E-state index in [1.807, 2.05) is 23.3 Å². The van der Waals surface area contributed by atoms with Gasteiger partial charge in [-0.05, 0) is 19.9 Å². The highest BCUT2D eigenvalue weighted by molar-refractivity contribution is 5.29. The average molecular weight is 268 g/mol. The normalized spacial score (nSPS) is 11.2. The third-order valence-corrected chi connectivity index (χ3v) is 3.28. The minimum atomic E-state index is -0.333. The Morgan fingerprint density at radius 3 is 2.58 bits per heavy atom. The molecule has 0 saturated heterocycles. The number of pyridine rings is 1. The fourth-order valence-electron chi connectivity index (χ4n) is 2.22. The molecule has 0 atom stereocenters. The van der Waals surface area contributed by atoms with Crippen LogP contribution in [0.25, 0.3) is 0 Å². The predicted octanol–water partition coefficient (Wildman–Crippen LogP) is 1.09. The lowest BCUT2D eigenvalue weighted by Gasteiger charge is -2.24. The minimum absolute atomic E-state index is 0.0679. The Morgan fingerprint density at radius 1 is 1.37 bits per heavy atom. The van der Waals surface area contributed by atoms with Crippen LogP contribution in [0.5, 0.6) is 5.75 Å². The molecule has 0 aliphatic heterocycles. The molecule has 0 saturated carbocycles. The first kappa shape index (κ1) is 15.7. The Bertz CT molecular complexity index is 468. The summed E-state index contributed by atoms with van der Waals surface area (Å²) in [6, 6.07) is 1.47. The molecule has 0 unspecified atom stereocenters. The maximum Gasteiger partial charge on any atom is 0.223 e. The van der Waals surface area contributed by atoms with Gasteiger partial charge in [-0.2, -0.15) is 0 Å². The van der Waals surface area contributed by atoms with Crippen LogP contribution in [0.15, 0.2) is 10.9 Å². The number of hydrogen-bond donors (Lipinski definition) is 2. The molecule has 0 aliphatic carbocycles. The Morgan fingerprint density at radius 2 is 2.05 bits per heavy atom. The quantitative estimate of drug-likeness (QED) is 0.777. The lowest BCUT2D eigenvalue weighted by molar-refractivity contribution is 0.191. The molecule has 108 valence electrons. The number of aryl methyl sites for hydroxylation is 1. The van der Waals surface area contributed by atoms with Crippen molar-refractivity contribution in [2.75, 3.05) is 19.7 Å². The maximum absolute atomic E-state index is 11.7. The highest BCUT2D eigenvalue weighted by atomic mass is 16.3. The fraction of sp³-hybridized carbons (Fsp3) is 0.643. The van der Waals surface area contributed by atoms with Crippen LogP contribution in [-0.4, -0.2) is 39.4 Å². The molecule has 1 rings (SSSR count). The van der Waals surface area contributed by atoms with Gasteiger partial charge in [0, 0.05) is 31.4 Å². The number of aromatic nitrogens is 1. The lowest BCUT2D eigenvalue weighted by atomic mass is 10.2. The van der Waals surface area contributed by atoms with Crippen LogP contribution in [0, 0.1) is 6.92 Å². The van der Waals surface area contributed by atoms with Gasteiger partial charge in [-0.1, -0.05) is 13.8 Å². The average Bonchev–Trinajstić information content (AvgIpc) is 2.39. The molecule has 1 heterocycles. The second-order valence-electron chi connectivity index (χ2n) is 4.69. The van der Waals surface area contributed by atoms with Crippen LogP contribution < -0.4 is 5.43 Å². The number of aliphatic hydroxyl groups excluding tert-OH is 1. The Kier molecular flexibility index (Phi) is 6.05. The molecule has 0 aromatic carbocycles. The first-order chi connectivity index (χ1) is 9.04. The zero-order valence-electron chi connectivity index (χ0n) is 12.0. The summed E-state index contributed by atoms with van der Waals surface area (Å²) in [5.41, 5.74) is 1.17. The van der Waals surface area contributed by atoms with Gasteiger partial charge in [0.15, 0.2) is 5.75 Å². The number of rotatable bonds is 7. The van der Waals surface area contributed by atoms with Gasteiger partial charge in [0.1, 0.15) is 0 Å². The van der Waals surface area contributed by atoms with Crippen molar-refractivity contribution in [3.8, 4) is 5.75 Å². The van der Waals surface area contributed by atoms with E-state index in [9.17, 15) is 9.90 Å². The predicted molar refractivity (Wildman–Crippen MR) is 75.4 cm³/mol. The van der Waals surface area contributed by atoms with Gasteiger partial charge in [-0.15, -0.1) is 0 Å². The van der Waals surface area contributed by atoms with E-state index in [4.69, 9.17) is 5.11 Å². The lowest BCUT2D eigenvalue weighted by Crippen LogP contribution is -2.29. The van der Waals surface area contributed by atoms with Gasteiger partial charge < -0.3 is 14.8 Å². The van der Waals surface area contributed by atoms with Crippen molar-refractivity contribution in [1.82, 2.24) is 9.47 Å². The van der Waals surface area contributed by atoms with Crippen molar-refractivity contribution in [2.45, 2.75) is 40.3 Å². The summed E-state index contributed by atoms with van der Waals surface area (Å²) in [7, 11) is 0. The third kappa shape index (κ3) is 3.81. The standard InChI is InChI=1S/C14H24N2O3/c1-4-6-16-11(3)9-13(18)14(19)12(16)10-15(5-2)7-8-17/h9,17,19H,4-8,10H2,1-3H3. The van der Waals surface area contributed by atoms with E-state index < -0.39 is 0 Å². The van der Waals surface area contributed by atoms with E-state index >= 15 is 0 Å². The topological polar surface area (TPSA) is 65.7 Å². The molecule has 0 bridgehead atoms. The van der Waals surface area contributed by atoms with Crippen LogP contribution >= 0.6 is 0 Å². The molecule has 19 heavy (non-hydrogen) atoms. The molecule has 1 aromatic rings. The minimum Gasteiger partial charge on any atom is -0.503 e. The molecular formula is C14H24N2O3. The van der Waals surface area contributed by atoms with Crippen molar-refractivity contribution >= 4 is 0 Å². The van der Waals surface area contributed by atoms with Crippen LogP contribution in [0.2, 0.25) is 0 Å². The zero-order chi connectivity index (χ0) is 14.4. The number of aromatic hydroxyl groups is 1. The van der Waals surface area contributed by atoms with Crippen molar-refractivity contribution in [3.05, 3.63) is 27.7 Å². The second kappa shape index (κ2) is 7.31. The second-order valence-corrected chi connectivity index (χ2v) is 4.69. The van der Waals surface area contributed by atoms with Gasteiger partial charge in [-0.25, -0.2) is 0 Å². The van der Waals surface area contributed by atoms with Crippen molar-refractivity contribution in [3.63, 3.8) is 0 Å². The molecule has 5 nitrogen and oxygen atoms in total. The number of aliphatic hydroxyl groups is 1. The molecular weight excluding hydrogens is 244 g/mol. The van der Waals surface area contributed by atoms with Gasteiger partial charge in [-0.3, -0.25) is 9.69 Å². The molecule has 0 aliphatic rings. The van der Waals surface area contributed by atoms with Gasteiger partial charge in [0.25, 0.3) is 0 Å². The zero-order valence-corrected chi connectivity index (χ0v) is 12.0. The molecule has 0 fully saturated rings. The third-order valence-electron chi connectivity index (χ3n) is 3.28. The van der Waals surface area contributed by atoms with E-state index in [0.717, 1.165) is 25.2 Å². The monoisotopic (exact) mass is 268 g/mol. The molecule has 0 amide bonds. The van der Waals surface area contributed by atoms with E-state index in [0.29, 0.717) is 18.8 Å². The SMILES string of the molecule is CCCn1c(C)cc(=O)c(O)c1CN(CC)CCO. The summed E-state index contributed by atoms with van der Waals surface area (Å²) < 4.78 is 1.98. The first-order valence-electron chi connectivity index (χ1n) is 6.80. The summed E-state index contributed by atoms with van der Waals surface area (Å²) in [5.74, 6) is -0.171. The number of likely N-dealkylation sites (N-methyl/N-ethyl adjacent to an activating group) is 1. The summed E-state index contributed by atoms with van der Waals surface area (Å²) in [6.45, 7) is 8.53. The largest absolute Gasteiger partial charge is 0.503 e. The van der Waals surface area contributed by atoms with Gasteiger partial charge in [0.2, 0.25) is 5.43 Å². The first-order valence-corrected chi connectivity index (χ1v) is 6.80. The Balaban J connectivity index is 3.18. The van der Waals surface area contributed by atoms with E-state index in [1.165, 1.54) is 6.07 Å². The Hall–Kier alpha value is -1.33. The summed E-state index contributed by atoms with van der Waals surface area (Å²) in [6.07, 6.45) is 0.933. The summed E-state index contributed by atoms with van der Waals surface area (Å²) >= 11 is 0. The molecule has 2 N–H and O–H groups in total. The van der Waals surface area contributed by atoms with Crippen molar-refractivity contribution in [2.24, 2.45) is 0 Å². The maximum atomic E-state index is 11.7. The highest BCUT2D eigenvalue weighted by Crippen LogP contribution is 2.17. The summed E-state index contributed by atoms with van der Waals surface area (Å²) in [5, 5.41) is 19.0. The van der Waals surface area contributed by atoms with Crippen molar-refractivity contribution in [1.29, 1.82) is 0 Å². The molecule has 5 heteroatoms. The molecule has 1 aromatic heterocycles. The van der Waals surface area contributed by atoms with Gasteiger partial charge in [0.05, 0.1) is 12.3 Å².